The maximum absolute atomic E-state index is 12.4. The van der Waals surface area contributed by atoms with Crippen LogP contribution in [0.4, 0.5) is 0 Å². The Morgan fingerprint density at radius 3 is 2.52 bits per heavy atom. The minimum absolute atomic E-state index is 0.191. The molecule has 1 amide bonds. The number of amides is 1. The van der Waals surface area contributed by atoms with Gasteiger partial charge in [0.1, 0.15) is 0 Å². The Morgan fingerprint density at radius 1 is 1.26 bits per heavy atom. The Morgan fingerprint density at radius 2 is 1.91 bits per heavy atom. The number of fused-ring (bicyclic) bond motifs is 1. The summed E-state index contributed by atoms with van der Waals surface area (Å²) in [5.41, 5.74) is 2.63. The Labute approximate surface area is 149 Å². The fourth-order valence-electron chi connectivity index (χ4n) is 3.01. The first-order valence-electron chi connectivity index (χ1n) is 7.38. The Kier molecular flexibility index (Phi) is 4.76. The summed E-state index contributed by atoms with van der Waals surface area (Å²) in [6.45, 7) is 0.444. The molecule has 3 rings (SSSR count). The van der Waals surface area contributed by atoms with E-state index in [1.54, 1.807) is 19.2 Å². The van der Waals surface area contributed by atoms with Crippen molar-refractivity contribution < 1.29 is 9.53 Å². The fraction of sp³-hybridized carbons (Fsp3) is 0.278. The van der Waals surface area contributed by atoms with Crippen LogP contribution in [0.2, 0.25) is 5.02 Å². The van der Waals surface area contributed by atoms with Gasteiger partial charge in [0.05, 0.1) is 16.2 Å². The maximum atomic E-state index is 12.4. The Hall–Kier alpha value is -1.36. The van der Waals surface area contributed by atoms with Crippen molar-refractivity contribution in [2.24, 2.45) is 0 Å². The summed E-state index contributed by atoms with van der Waals surface area (Å²) in [6, 6.07) is 13.5. The van der Waals surface area contributed by atoms with Crippen molar-refractivity contribution in [1.29, 1.82) is 0 Å². The molecule has 0 saturated carbocycles. The van der Waals surface area contributed by atoms with E-state index in [0.29, 0.717) is 17.1 Å². The standard InChI is InChI=1S/C18H17BrClNO2/c1-23-18(9-12-4-2-3-5-13(12)10-18)11-21-17(22)15-8-14(19)6-7-16(15)20/h2-8H,9-11H2,1H3,(H,21,22). The molecule has 0 saturated heterocycles. The average Bonchev–Trinajstić information content (AvgIpc) is 2.94. The second-order valence-electron chi connectivity index (χ2n) is 5.82. The zero-order chi connectivity index (χ0) is 16.4. The third-order valence-electron chi connectivity index (χ3n) is 4.32. The molecule has 0 radical (unpaired) electrons. The van der Waals surface area contributed by atoms with Gasteiger partial charge in [-0.05, 0) is 29.3 Å². The molecule has 0 fully saturated rings. The van der Waals surface area contributed by atoms with Crippen LogP contribution >= 0.6 is 27.5 Å². The van der Waals surface area contributed by atoms with E-state index in [4.69, 9.17) is 16.3 Å². The van der Waals surface area contributed by atoms with E-state index in [2.05, 4.69) is 33.4 Å². The minimum atomic E-state index is -0.391. The van der Waals surface area contributed by atoms with Crippen LogP contribution in [0.25, 0.3) is 0 Å². The van der Waals surface area contributed by atoms with Gasteiger partial charge in [0, 0.05) is 31.0 Å². The number of nitrogens with one attached hydrogen (secondary N) is 1. The van der Waals surface area contributed by atoms with Crippen molar-refractivity contribution >= 4 is 33.4 Å². The lowest BCUT2D eigenvalue weighted by Crippen LogP contribution is -2.45. The molecule has 2 aromatic rings. The first kappa shape index (κ1) is 16.5. The largest absolute Gasteiger partial charge is 0.376 e. The normalized spacial score (nSPS) is 15.3. The fourth-order valence-corrected chi connectivity index (χ4v) is 3.57. The van der Waals surface area contributed by atoms with Gasteiger partial charge in [-0.15, -0.1) is 0 Å². The highest BCUT2D eigenvalue weighted by molar-refractivity contribution is 9.10. The van der Waals surface area contributed by atoms with Crippen LogP contribution in [-0.2, 0) is 17.6 Å². The van der Waals surface area contributed by atoms with E-state index in [0.717, 1.165) is 17.3 Å². The second-order valence-corrected chi connectivity index (χ2v) is 7.14. The summed E-state index contributed by atoms with van der Waals surface area (Å²) in [5.74, 6) is -0.191. The predicted molar refractivity (Wildman–Crippen MR) is 95.1 cm³/mol. The van der Waals surface area contributed by atoms with Gasteiger partial charge in [-0.25, -0.2) is 0 Å². The van der Waals surface area contributed by atoms with Gasteiger partial charge in [-0.3, -0.25) is 4.79 Å². The van der Waals surface area contributed by atoms with Gasteiger partial charge in [0.2, 0.25) is 0 Å². The molecule has 0 unspecified atom stereocenters. The van der Waals surface area contributed by atoms with Crippen LogP contribution in [0.1, 0.15) is 21.5 Å². The number of hydrogen-bond donors (Lipinski definition) is 1. The molecular formula is C18H17BrClNO2. The van der Waals surface area contributed by atoms with Gasteiger partial charge in [0.15, 0.2) is 0 Å². The third kappa shape index (κ3) is 3.44. The van der Waals surface area contributed by atoms with Gasteiger partial charge in [-0.2, -0.15) is 0 Å². The number of hydrogen-bond acceptors (Lipinski definition) is 2. The van der Waals surface area contributed by atoms with Crippen LogP contribution in [0.5, 0.6) is 0 Å². The third-order valence-corrected chi connectivity index (χ3v) is 5.14. The first-order valence-corrected chi connectivity index (χ1v) is 8.55. The Bertz CT molecular complexity index is 723. The van der Waals surface area contributed by atoms with Gasteiger partial charge < -0.3 is 10.1 Å². The molecule has 0 bridgehead atoms. The highest BCUT2D eigenvalue weighted by atomic mass is 79.9. The number of benzene rings is 2. The summed E-state index contributed by atoms with van der Waals surface area (Å²) in [5, 5.41) is 3.40. The number of rotatable bonds is 4. The molecule has 2 aromatic carbocycles. The van der Waals surface area contributed by atoms with Crippen molar-refractivity contribution in [3.05, 3.63) is 68.7 Å². The number of methoxy groups -OCH3 is 1. The molecule has 0 heterocycles. The van der Waals surface area contributed by atoms with E-state index in [9.17, 15) is 4.79 Å². The summed E-state index contributed by atoms with van der Waals surface area (Å²) >= 11 is 9.48. The summed E-state index contributed by atoms with van der Waals surface area (Å²) in [4.78, 5) is 12.4. The lowest BCUT2D eigenvalue weighted by Gasteiger charge is -2.27. The van der Waals surface area contributed by atoms with Crippen molar-refractivity contribution in [3.63, 3.8) is 0 Å². The second kappa shape index (κ2) is 6.63. The average molecular weight is 395 g/mol. The van der Waals surface area contributed by atoms with Crippen LogP contribution in [-0.4, -0.2) is 25.2 Å². The quantitative estimate of drug-likeness (QED) is 0.851. The molecule has 1 aliphatic carbocycles. The molecule has 120 valence electrons. The molecule has 0 atom stereocenters. The molecule has 0 aliphatic heterocycles. The van der Waals surface area contributed by atoms with Gasteiger partial charge in [-0.1, -0.05) is 51.8 Å². The summed E-state index contributed by atoms with van der Waals surface area (Å²) < 4.78 is 6.59. The predicted octanol–water partition coefficient (Wildman–Crippen LogP) is 4.02. The molecule has 1 N–H and O–H groups in total. The van der Waals surface area contributed by atoms with Gasteiger partial charge in [0.25, 0.3) is 5.91 Å². The van der Waals surface area contributed by atoms with Crippen LogP contribution in [0.3, 0.4) is 0 Å². The van der Waals surface area contributed by atoms with E-state index in [1.807, 2.05) is 18.2 Å². The first-order chi connectivity index (χ1) is 11.0. The lowest BCUT2D eigenvalue weighted by atomic mass is 10.00. The molecule has 3 nitrogen and oxygen atoms in total. The zero-order valence-corrected chi connectivity index (χ0v) is 15.1. The van der Waals surface area contributed by atoms with E-state index in [-0.39, 0.29) is 5.91 Å². The van der Waals surface area contributed by atoms with Crippen molar-refractivity contribution in [3.8, 4) is 0 Å². The van der Waals surface area contributed by atoms with Crippen molar-refractivity contribution in [2.45, 2.75) is 18.4 Å². The van der Waals surface area contributed by atoms with Crippen LogP contribution in [0, 0.1) is 0 Å². The molecule has 1 aliphatic rings. The van der Waals surface area contributed by atoms with Crippen LogP contribution in [0.15, 0.2) is 46.9 Å². The molecular weight excluding hydrogens is 378 g/mol. The van der Waals surface area contributed by atoms with E-state index >= 15 is 0 Å². The highest BCUT2D eigenvalue weighted by Gasteiger charge is 2.37. The van der Waals surface area contributed by atoms with Crippen LogP contribution < -0.4 is 5.32 Å². The summed E-state index contributed by atoms with van der Waals surface area (Å²) in [7, 11) is 1.70. The van der Waals surface area contributed by atoms with Gasteiger partial charge >= 0.3 is 0 Å². The number of halogens is 2. The SMILES string of the molecule is COC1(CNC(=O)c2cc(Br)ccc2Cl)Cc2ccccc2C1. The number of carbonyl (C=O) groups excluding carboxylic acids is 1. The maximum Gasteiger partial charge on any atom is 0.252 e. The number of carbonyl (C=O) groups is 1. The molecule has 23 heavy (non-hydrogen) atoms. The topological polar surface area (TPSA) is 38.3 Å². The Balaban J connectivity index is 1.72. The van der Waals surface area contributed by atoms with Crippen molar-refractivity contribution in [2.75, 3.05) is 13.7 Å². The minimum Gasteiger partial charge on any atom is -0.376 e. The molecule has 0 spiro atoms. The number of ether oxygens (including phenoxy) is 1. The van der Waals surface area contributed by atoms with E-state index in [1.165, 1.54) is 11.1 Å². The lowest BCUT2D eigenvalue weighted by molar-refractivity contribution is 0.000177. The molecule has 0 aromatic heterocycles. The smallest absolute Gasteiger partial charge is 0.252 e. The van der Waals surface area contributed by atoms with E-state index < -0.39 is 5.60 Å². The monoisotopic (exact) mass is 393 g/mol. The molecule has 5 heteroatoms. The summed E-state index contributed by atoms with van der Waals surface area (Å²) in [6.07, 6.45) is 1.60. The van der Waals surface area contributed by atoms with Crippen molar-refractivity contribution in [1.82, 2.24) is 5.32 Å². The highest BCUT2D eigenvalue weighted by Crippen LogP contribution is 2.32. The zero-order valence-electron chi connectivity index (χ0n) is 12.7.